The van der Waals surface area contributed by atoms with E-state index in [9.17, 15) is 45.6 Å². The van der Waals surface area contributed by atoms with Crippen LogP contribution < -0.4 is 5.32 Å². The number of rotatable bonds is 54. The fraction of sp³-hybridized carbons (Fsp3) is 0.894. The maximum Gasteiger partial charge on any atom is 0.220 e. The lowest BCUT2D eigenvalue weighted by Crippen LogP contribution is -2.65. The highest BCUT2D eigenvalue weighted by atomic mass is 16.7. The molecular formula is C66H123NO13. The van der Waals surface area contributed by atoms with E-state index in [4.69, 9.17) is 18.9 Å². The lowest BCUT2D eigenvalue weighted by atomic mass is 9.97. The standard InChI is InChI=1S/C66H123NO13/c1-3-5-7-9-11-13-15-17-19-21-22-23-24-25-26-27-28-29-30-31-32-34-35-37-39-41-43-45-47-49-55(70)54(67-58(71)50-48-46-44-42-40-38-36-33-20-18-16-14-12-10-8-6-4-2)53-77-65-63(76)61(74)64(57(52-69)79-65)80-66-62(75)60(73)59(72)56(51-68)78-66/h18,20,39,41,47,49,54-57,59-66,68-70,72-76H,3-17,19,21-38,40,42-46,48,50-53H2,1-2H3,(H,67,71)/b20-18-,41-39+,49-47+. The van der Waals surface area contributed by atoms with Crippen molar-refractivity contribution in [2.75, 3.05) is 19.8 Å². The van der Waals surface area contributed by atoms with E-state index in [1.807, 2.05) is 6.08 Å². The van der Waals surface area contributed by atoms with Gasteiger partial charge in [-0.2, -0.15) is 0 Å². The number of hydrogen-bond acceptors (Lipinski definition) is 13. The van der Waals surface area contributed by atoms with Crippen molar-refractivity contribution in [1.82, 2.24) is 5.32 Å². The SMILES string of the molecule is CCCCCCCC/C=C\CCCCCCCCCC(=O)NC(COC1OC(CO)C(OC2OC(CO)C(O)C(O)C2O)C(O)C1O)C(O)/C=C/CC/C=C/CCCCCCCCCCCCCCCCCCCCCCCCC. The Bertz CT molecular complexity index is 1480. The van der Waals surface area contributed by atoms with Gasteiger partial charge in [0, 0.05) is 6.42 Å². The molecule has 0 spiro atoms. The summed E-state index contributed by atoms with van der Waals surface area (Å²) in [6, 6.07) is -0.934. The van der Waals surface area contributed by atoms with Crippen LogP contribution in [0.25, 0.3) is 0 Å². The van der Waals surface area contributed by atoms with Crippen molar-refractivity contribution >= 4 is 5.91 Å². The topological polar surface area (TPSA) is 228 Å². The summed E-state index contributed by atoms with van der Waals surface area (Å²) < 4.78 is 22.8. The number of aliphatic hydroxyl groups is 8. The summed E-state index contributed by atoms with van der Waals surface area (Å²) in [7, 11) is 0. The molecule has 0 aromatic rings. The number of aliphatic hydroxyl groups excluding tert-OH is 8. The molecule has 0 bridgehead atoms. The van der Waals surface area contributed by atoms with Gasteiger partial charge in [-0.25, -0.2) is 0 Å². The fourth-order valence-corrected chi connectivity index (χ4v) is 11.0. The molecule has 0 radical (unpaired) electrons. The first kappa shape index (κ1) is 74.3. The molecule has 0 aliphatic carbocycles. The van der Waals surface area contributed by atoms with Crippen LogP contribution >= 0.6 is 0 Å². The molecule has 1 amide bonds. The van der Waals surface area contributed by atoms with Crippen molar-refractivity contribution in [3.05, 3.63) is 36.5 Å². The van der Waals surface area contributed by atoms with Gasteiger partial charge in [0.25, 0.3) is 0 Å². The summed E-state index contributed by atoms with van der Waals surface area (Å²) in [6.07, 6.45) is 47.8. The number of amides is 1. The van der Waals surface area contributed by atoms with Gasteiger partial charge in [-0.1, -0.05) is 256 Å². The fourth-order valence-electron chi connectivity index (χ4n) is 11.0. The molecular weight excluding hydrogens is 1010 g/mol. The third-order valence-electron chi connectivity index (χ3n) is 16.3. The Balaban J connectivity index is 1.71. The lowest BCUT2D eigenvalue weighted by molar-refractivity contribution is -0.359. The van der Waals surface area contributed by atoms with E-state index in [1.54, 1.807) is 6.08 Å². The Morgan fingerprint density at radius 3 is 1.23 bits per heavy atom. The Morgan fingerprint density at radius 2 is 0.800 bits per heavy atom. The van der Waals surface area contributed by atoms with E-state index in [-0.39, 0.29) is 18.9 Å². The molecule has 2 rings (SSSR count). The van der Waals surface area contributed by atoms with Crippen molar-refractivity contribution in [2.45, 2.75) is 357 Å². The second-order valence-electron chi connectivity index (χ2n) is 23.6. The van der Waals surface area contributed by atoms with Crippen molar-refractivity contribution in [1.29, 1.82) is 0 Å². The Kier molecular flexibility index (Phi) is 47.9. The number of hydrogen-bond donors (Lipinski definition) is 9. The first-order valence-electron chi connectivity index (χ1n) is 33.2. The summed E-state index contributed by atoms with van der Waals surface area (Å²) >= 11 is 0. The minimum Gasteiger partial charge on any atom is -0.394 e. The average Bonchev–Trinajstić information content (AvgIpc) is 3.49. The van der Waals surface area contributed by atoms with Crippen molar-refractivity contribution < 1.29 is 64.6 Å². The molecule has 12 atom stereocenters. The van der Waals surface area contributed by atoms with Crippen molar-refractivity contribution in [3.63, 3.8) is 0 Å². The molecule has 80 heavy (non-hydrogen) atoms. The predicted octanol–water partition coefficient (Wildman–Crippen LogP) is 12.6. The molecule has 2 saturated heterocycles. The van der Waals surface area contributed by atoms with Crippen LogP contribution in [0.15, 0.2) is 36.5 Å². The van der Waals surface area contributed by atoms with Crippen LogP contribution in [0.2, 0.25) is 0 Å². The van der Waals surface area contributed by atoms with Gasteiger partial charge < -0.3 is 65.1 Å². The summed E-state index contributed by atoms with van der Waals surface area (Å²) in [5.74, 6) is -0.251. The molecule has 14 nitrogen and oxygen atoms in total. The highest BCUT2D eigenvalue weighted by Crippen LogP contribution is 2.30. The van der Waals surface area contributed by atoms with Gasteiger partial charge >= 0.3 is 0 Å². The summed E-state index contributed by atoms with van der Waals surface area (Å²) in [4.78, 5) is 13.3. The first-order valence-corrected chi connectivity index (χ1v) is 33.2. The van der Waals surface area contributed by atoms with Gasteiger partial charge in [0.2, 0.25) is 5.91 Å². The average molecular weight is 1140 g/mol. The monoisotopic (exact) mass is 1140 g/mol. The van der Waals surface area contributed by atoms with Gasteiger partial charge in [-0.3, -0.25) is 4.79 Å². The molecule has 14 heteroatoms. The van der Waals surface area contributed by atoms with Crippen LogP contribution in [0.5, 0.6) is 0 Å². The summed E-state index contributed by atoms with van der Waals surface area (Å²) in [5, 5.41) is 87.2. The van der Waals surface area contributed by atoms with Gasteiger partial charge in [-0.15, -0.1) is 0 Å². The Morgan fingerprint density at radius 1 is 0.438 bits per heavy atom. The predicted molar refractivity (Wildman–Crippen MR) is 323 cm³/mol. The summed E-state index contributed by atoms with van der Waals surface area (Å²) in [5.41, 5.74) is 0. The normalized spacial score (nSPS) is 24.4. The highest BCUT2D eigenvalue weighted by Gasteiger charge is 2.51. The van der Waals surface area contributed by atoms with Crippen LogP contribution in [0.1, 0.15) is 284 Å². The molecule has 9 N–H and O–H groups in total. The molecule has 0 aromatic carbocycles. The number of unbranched alkanes of at least 4 members (excludes halogenated alkanes) is 37. The van der Waals surface area contributed by atoms with E-state index in [0.29, 0.717) is 12.8 Å². The zero-order valence-electron chi connectivity index (χ0n) is 50.8. The van der Waals surface area contributed by atoms with Crippen LogP contribution in [0, 0.1) is 0 Å². The maximum absolute atomic E-state index is 13.3. The maximum atomic E-state index is 13.3. The molecule has 2 fully saturated rings. The number of nitrogens with one attached hydrogen (secondary N) is 1. The first-order chi connectivity index (χ1) is 39.1. The van der Waals surface area contributed by atoms with Crippen molar-refractivity contribution in [2.24, 2.45) is 0 Å². The molecule has 2 heterocycles. The molecule has 0 aromatic heterocycles. The van der Waals surface area contributed by atoms with Gasteiger partial charge in [-0.05, 0) is 57.8 Å². The molecule has 0 saturated carbocycles. The van der Waals surface area contributed by atoms with Crippen LogP contribution in [-0.2, 0) is 23.7 Å². The van der Waals surface area contributed by atoms with Gasteiger partial charge in [0.05, 0.1) is 32.0 Å². The van der Waals surface area contributed by atoms with E-state index in [0.717, 1.165) is 38.5 Å². The molecule has 470 valence electrons. The zero-order chi connectivity index (χ0) is 58.1. The lowest BCUT2D eigenvalue weighted by Gasteiger charge is -2.46. The summed E-state index contributed by atoms with van der Waals surface area (Å²) in [6.45, 7) is 2.80. The van der Waals surface area contributed by atoms with Crippen LogP contribution in [-0.4, -0.2) is 140 Å². The number of ether oxygens (including phenoxy) is 4. The van der Waals surface area contributed by atoms with Gasteiger partial charge in [0.1, 0.15) is 48.8 Å². The minimum absolute atomic E-state index is 0.251. The Labute approximate surface area is 487 Å². The van der Waals surface area contributed by atoms with E-state index < -0.39 is 86.8 Å². The minimum atomic E-state index is -1.79. The molecule has 2 aliphatic heterocycles. The molecule has 12 unspecified atom stereocenters. The smallest absolute Gasteiger partial charge is 0.220 e. The van der Waals surface area contributed by atoms with E-state index in [2.05, 4.69) is 43.5 Å². The number of carbonyl (C=O) groups excluding carboxylic acids is 1. The van der Waals surface area contributed by atoms with Gasteiger partial charge in [0.15, 0.2) is 12.6 Å². The largest absolute Gasteiger partial charge is 0.394 e. The van der Waals surface area contributed by atoms with E-state index >= 15 is 0 Å². The third-order valence-corrected chi connectivity index (χ3v) is 16.3. The quantitative estimate of drug-likeness (QED) is 0.0204. The zero-order valence-corrected chi connectivity index (χ0v) is 50.8. The second kappa shape index (κ2) is 51.6. The van der Waals surface area contributed by atoms with Crippen LogP contribution in [0.3, 0.4) is 0 Å². The number of carbonyl (C=O) groups is 1. The van der Waals surface area contributed by atoms with Crippen LogP contribution in [0.4, 0.5) is 0 Å². The Hall–Kier alpha value is -1.79. The van der Waals surface area contributed by atoms with E-state index in [1.165, 1.54) is 212 Å². The third kappa shape index (κ3) is 36.1. The molecule has 2 aliphatic rings. The second-order valence-corrected chi connectivity index (χ2v) is 23.6. The van der Waals surface area contributed by atoms with Crippen molar-refractivity contribution in [3.8, 4) is 0 Å². The number of allylic oxidation sites excluding steroid dienone is 5. The highest BCUT2D eigenvalue weighted by molar-refractivity contribution is 5.76.